The average Bonchev–Trinajstić information content (AvgIpc) is 2.64. The number of benzene rings is 1. The van der Waals surface area contributed by atoms with E-state index in [1.54, 1.807) is 12.1 Å². The molecule has 1 aromatic heterocycles. The van der Waals surface area contributed by atoms with Crippen molar-refractivity contribution in [3.05, 3.63) is 29.6 Å². The van der Waals surface area contributed by atoms with Gasteiger partial charge in [-0.25, -0.2) is 9.78 Å². The molecule has 2 rings (SSSR count). The van der Waals surface area contributed by atoms with Gasteiger partial charge >= 0.3 is 5.97 Å². The Balaban J connectivity index is 2.73. The molecule has 0 radical (unpaired) electrons. The Kier molecular flexibility index (Phi) is 3.35. The average molecular weight is 260 g/mol. The summed E-state index contributed by atoms with van der Waals surface area (Å²) in [5.74, 6) is -0.0642. The summed E-state index contributed by atoms with van der Waals surface area (Å²) in [5, 5.41) is 9.24. The fraction of sp³-hybridized carbons (Fsp3) is 0.467. The Hall–Kier alpha value is -1.84. The van der Waals surface area contributed by atoms with E-state index in [9.17, 15) is 9.90 Å². The molecule has 0 aliphatic rings. The Labute approximate surface area is 113 Å². The highest BCUT2D eigenvalue weighted by molar-refractivity contribution is 6.01. The van der Waals surface area contributed by atoms with Crippen molar-refractivity contribution in [2.24, 2.45) is 0 Å². The standard InChI is InChI=1S/C15H20N2O2/c1-5-9-15(3,4)17-10(2)16-13-11(14(18)19)7-6-8-12(13)17/h6-8H,5,9H2,1-4H3,(H,18,19). The number of carboxylic acids is 1. The molecule has 0 saturated carbocycles. The van der Waals surface area contributed by atoms with Gasteiger partial charge in [0.25, 0.3) is 0 Å². The van der Waals surface area contributed by atoms with E-state index < -0.39 is 5.97 Å². The molecule has 19 heavy (non-hydrogen) atoms. The summed E-state index contributed by atoms with van der Waals surface area (Å²) < 4.78 is 2.15. The van der Waals surface area contributed by atoms with E-state index in [2.05, 4.69) is 30.3 Å². The first-order valence-electron chi connectivity index (χ1n) is 6.60. The van der Waals surface area contributed by atoms with Gasteiger partial charge in [-0.3, -0.25) is 0 Å². The Morgan fingerprint density at radius 3 is 2.68 bits per heavy atom. The van der Waals surface area contributed by atoms with Crippen LogP contribution in [0.2, 0.25) is 0 Å². The van der Waals surface area contributed by atoms with Crippen molar-refractivity contribution in [1.29, 1.82) is 0 Å². The van der Waals surface area contributed by atoms with Crippen LogP contribution in [0.1, 0.15) is 49.8 Å². The molecular weight excluding hydrogens is 240 g/mol. The second-order valence-electron chi connectivity index (χ2n) is 5.54. The van der Waals surface area contributed by atoms with Gasteiger partial charge in [-0.2, -0.15) is 0 Å². The van der Waals surface area contributed by atoms with Gasteiger partial charge in [0.05, 0.1) is 11.1 Å². The number of hydrogen-bond acceptors (Lipinski definition) is 2. The lowest BCUT2D eigenvalue weighted by Crippen LogP contribution is -2.27. The molecule has 0 aliphatic heterocycles. The number of para-hydroxylation sites is 1. The van der Waals surface area contributed by atoms with Crippen LogP contribution in [-0.2, 0) is 5.54 Å². The van der Waals surface area contributed by atoms with Crippen molar-refractivity contribution >= 4 is 17.0 Å². The highest BCUT2D eigenvalue weighted by Gasteiger charge is 2.25. The predicted molar refractivity (Wildman–Crippen MR) is 75.7 cm³/mol. The predicted octanol–water partition coefficient (Wildman–Crippen LogP) is 3.58. The smallest absolute Gasteiger partial charge is 0.337 e. The number of rotatable bonds is 4. The summed E-state index contributed by atoms with van der Waals surface area (Å²) in [6.07, 6.45) is 2.10. The number of aromatic carboxylic acids is 1. The summed E-state index contributed by atoms with van der Waals surface area (Å²) in [7, 11) is 0. The molecule has 2 aromatic rings. The fourth-order valence-electron chi connectivity index (χ4n) is 2.88. The van der Waals surface area contributed by atoms with E-state index >= 15 is 0 Å². The molecule has 1 heterocycles. The van der Waals surface area contributed by atoms with Crippen LogP contribution in [0, 0.1) is 6.92 Å². The zero-order valence-electron chi connectivity index (χ0n) is 11.9. The fourth-order valence-corrected chi connectivity index (χ4v) is 2.88. The van der Waals surface area contributed by atoms with Crippen LogP contribution in [-0.4, -0.2) is 20.6 Å². The number of aromatic nitrogens is 2. The third-order valence-electron chi connectivity index (χ3n) is 3.55. The molecule has 0 atom stereocenters. The highest BCUT2D eigenvalue weighted by atomic mass is 16.4. The van der Waals surface area contributed by atoms with Crippen LogP contribution in [0.5, 0.6) is 0 Å². The van der Waals surface area contributed by atoms with Gasteiger partial charge in [0.2, 0.25) is 0 Å². The molecule has 0 aliphatic carbocycles. The summed E-state index contributed by atoms with van der Waals surface area (Å²) >= 11 is 0. The Morgan fingerprint density at radius 2 is 2.11 bits per heavy atom. The lowest BCUT2D eigenvalue weighted by molar-refractivity contribution is 0.0699. The summed E-state index contributed by atoms with van der Waals surface area (Å²) in [6, 6.07) is 5.33. The van der Waals surface area contributed by atoms with Crippen LogP contribution in [0.25, 0.3) is 11.0 Å². The van der Waals surface area contributed by atoms with Gasteiger partial charge in [-0.1, -0.05) is 19.4 Å². The first-order valence-corrected chi connectivity index (χ1v) is 6.60. The molecular formula is C15H20N2O2. The number of fused-ring (bicyclic) bond motifs is 1. The van der Waals surface area contributed by atoms with Crippen molar-refractivity contribution < 1.29 is 9.90 Å². The maximum atomic E-state index is 11.3. The first kappa shape index (κ1) is 13.6. The number of carbonyl (C=O) groups is 1. The monoisotopic (exact) mass is 260 g/mol. The quantitative estimate of drug-likeness (QED) is 0.914. The van der Waals surface area contributed by atoms with Crippen molar-refractivity contribution in [2.75, 3.05) is 0 Å². The van der Waals surface area contributed by atoms with Crippen LogP contribution >= 0.6 is 0 Å². The normalized spacial score (nSPS) is 12.0. The second kappa shape index (κ2) is 4.68. The minimum atomic E-state index is -0.927. The molecule has 0 fully saturated rings. The largest absolute Gasteiger partial charge is 0.478 e. The molecule has 0 spiro atoms. The van der Waals surface area contributed by atoms with E-state index in [4.69, 9.17) is 0 Å². The minimum Gasteiger partial charge on any atom is -0.478 e. The number of carboxylic acid groups (broad SMARTS) is 1. The van der Waals surface area contributed by atoms with E-state index in [0.717, 1.165) is 24.2 Å². The molecule has 0 saturated heterocycles. The number of aryl methyl sites for hydroxylation is 1. The minimum absolute atomic E-state index is 0.0648. The number of hydrogen-bond donors (Lipinski definition) is 1. The molecule has 1 N–H and O–H groups in total. The lowest BCUT2D eigenvalue weighted by Gasteiger charge is -2.28. The van der Waals surface area contributed by atoms with E-state index in [-0.39, 0.29) is 11.1 Å². The van der Waals surface area contributed by atoms with E-state index in [0.29, 0.717) is 5.52 Å². The van der Waals surface area contributed by atoms with Gasteiger partial charge in [-0.15, -0.1) is 0 Å². The molecule has 0 unspecified atom stereocenters. The van der Waals surface area contributed by atoms with Gasteiger partial charge in [0.15, 0.2) is 0 Å². The Bertz CT molecular complexity index is 626. The van der Waals surface area contributed by atoms with Crippen LogP contribution in [0.15, 0.2) is 18.2 Å². The van der Waals surface area contributed by atoms with Crippen LogP contribution in [0.3, 0.4) is 0 Å². The summed E-state index contributed by atoms with van der Waals surface area (Å²) in [4.78, 5) is 15.7. The first-order chi connectivity index (χ1) is 8.88. The summed E-state index contributed by atoms with van der Waals surface area (Å²) in [6.45, 7) is 8.41. The summed E-state index contributed by atoms with van der Waals surface area (Å²) in [5.41, 5.74) is 1.68. The van der Waals surface area contributed by atoms with Crippen molar-refractivity contribution in [3.8, 4) is 0 Å². The third kappa shape index (κ3) is 2.23. The number of imidazole rings is 1. The highest BCUT2D eigenvalue weighted by Crippen LogP contribution is 2.30. The molecule has 1 aromatic carbocycles. The van der Waals surface area contributed by atoms with Crippen LogP contribution < -0.4 is 0 Å². The van der Waals surface area contributed by atoms with Crippen LogP contribution in [0.4, 0.5) is 0 Å². The van der Waals surface area contributed by atoms with E-state index in [1.807, 2.05) is 13.0 Å². The van der Waals surface area contributed by atoms with Gasteiger partial charge in [-0.05, 0) is 39.3 Å². The van der Waals surface area contributed by atoms with Gasteiger partial charge < -0.3 is 9.67 Å². The van der Waals surface area contributed by atoms with Gasteiger partial charge in [0.1, 0.15) is 11.3 Å². The van der Waals surface area contributed by atoms with Crippen molar-refractivity contribution in [2.45, 2.75) is 46.1 Å². The van der Waals surface area contributed by atoms with Gasteiger partial charge in [0, 0.05) is 5.54 Å². The number of nitrogens with zero attached hydrogens (tertiary/aromatic N) is 2. The third-order valence-corrected chi connectivity index (χ3v) is 3.55. The maximum absolute atomic E-state index is 11.3. The second-order valence-corrected chi connectivity index (χ2v) is 5.54. The molecule has 4 nitrogen and oxygen atoms in total. The topological polar surface area (TPSA) is 55.1 Å². The van der Waals surface area contributed by atoms with Crippen molar-refractivity contribution in [3.63, 3.8) is 0 Å². The van der Waals surface area contributed by atoms with Crippen molar-refractivity contribution in [1.82, 2.24) is 9.55 Å². The SMILES string of the molecule is CCCC(C)(C)n1c(C)nc2c(C(=O)O)cccc21. The lowest BCUT2D eigenvalue weighted by atomic mass is 9.98. The molecule has 4 heteroatoms. The molecule has 102 valence electrons. The maximum Gasteiger partial charge on any atom is 0.337 e. The molecule has 0 amide bonds. The van der Waals surface area contributed by atoms with E-state index in [1.165, 1.54) is 0 Å². The zero-order valence-corrected chi connectivity index (χ0v) is 11.9. The molecule has 0 bridgehead atoms. The zero-order chi connectivity index (χ0) is 14.2. The Morgan fingerprint density at radius 1 is 1.42 bits per heavy atom.